The standard InChI is InChI=1S/C14H19NO6S/c1-2-20-12-5-7-13(8-6-12)21-22(18,19)14-9-3-11(4-10-14)15(16)17/h3-4,9-10,12-13H,2,5-8H2,1H3. The number of nitrogens with zero attached hydrogens (tertiary/aromatic N) is 1. The molecule has 1 aliphatic carbocycles. The van der Waals surface area contributed by atoms with Gasteiger partial charge in [-0.1, -0.05) is 0 Å². The van der Waals surface area contributed by atoms with Gasteiger partial charge in [0.1, 0.15) is 0 Å². The van der Waals surface area contributed by atoms with Crippen LogP contribution in [0.5, 0.6) is 0 Å². The quantitative estimate of drug-likeness (QED) is 0.452. The van der Waals surface area contributed by atoms with E-state index in [1.165, 1.54) is 12.1 Å². The van der Waals surface area contributed by atoms with Crippen molar-refractivity contribution in [2.75, 3.05) is 6.61 Å². The fourth-order valence-corrected chi connectivity index (χ4v) is 3.63. The lowest BCUT2D eigenvalue weighted by Crippen LogP contribution is -2.28. The van der Waals surface area contributed by atoms with Crippen LogP contribution in [0.3, 0.4) is 0 Å². The maximum Gasteiger partial charge on any atom is 0.297 e. The Morgan fingerprint density at radius 3 is 2.18 bits per heavy atom. The summed E-state index contributed by atoms with van der Waals surface area (Å²) < 4.78 is 35.1. The molecule has 7 nitrogen and oxygen atoms in total. The highest BCUT2D eigenvalue weighted by molar-refractivity contribution is 7.86. The molecule has 0 bridgehead atoms. The fourth-order valence-electron chi connectivity index (χ4n) is 2.50. The van der Waals surface area contributed by atoms with Crippen LogP contribution >= 0.6 is 0 Å². The minimum Gasteiger partial charge on any atom is -0.379 e. The minimum absolute atomic E-state index is 0.0648. The summed E-state index contributed by atoms with van der Waals surface area (Å²) >= 11 is 0. The SMILES string of the molecule is CCOC1CCC(OS(=O)(=O)c2ccc([N+](=O)[O-])cc2)CC1. The van der Waals surface area contributed by atoms with E-state index in [-0.39, 0.29) is 22.8 Å². The second-order valence-corrected chi connectivity index (χ2v) is 6.73. The molecule has 0 heterocycles. The lowest BCUT2D eigenvalue weighted by molar-refractivity contribution is -0.384. The molecule has 0 N–H and O–H groups in total. The lowest BCUT2D eigenvalue weighted by Gasteiger charge is -2.27. The van der Waals surface area contributed by atoms with Crippen molar-refractivity contribution in [3.63, 3.8) is 0 Å². The molecule has 1 aliphatic rings. The maximum atomic E-state index is 12.2. The van der Waals surface area contributed by atoms with Gasteiger partial charge in [-0.3, -0.25) is 14.3 Å². The first-order valence-corrected chi connectivity index (χ1v) is 8.62. The molecule has 0 saturated heterocycles. The van der Waals surface area contributed by atoms with Gasteiger partial charge in [0.15, 0.2) is 0 Å². The van der Waals surface area contributed by atoms with E-state index in [1.807, 2.05) is 6.92 Å². The van der Waals surface area contributed by atoms with E-state index in [4.69, 9.17) is 8.92 Å². The Labute approximate surface area is 129 Å². The van der Waals surface area contributed by atoms with Gasteiger partial charge in [-0.2, -0.15) is 8.42 Å². The van der Waals surface area contributed by atoms with Crippen LogP contribution in [0, 0.1) is 10.1 Å². The summed E-state index contributed by atoms with van der Waals surface area (Å²) in [4.78, 5) is 9.93. The van der Waals surface area contributed by atoms with Crippen LogP contribution in [0.1, 0.15) is 32.6 Å². The second-order valence-electron chi connectivity index (χ2n) is 5.16. The average Bonchev–Trinajstić information content (AvgIpc) is 2.49. The highest BCUT2D eigenvalue weighted by atomic mass is 32.2. The number of hydrogen-bond acceptors (Lipinski definition) is 6. The third kappa shape index (κ3) is 4.25. The maximum absolute atomic E-state index is 12.2. The van der Waals surface area contributed by atoms with Crippen LogP contribution in [-0.4, -0.2) is 32.2 Å². The van der Waals surface area contributed by atoms with Gasteiger partial charge in [0.2, 0.25) is 0 Å². The summed E-state index contributed by atoms with van der Waals surface area (Å²) in [7, 11) is -3.90. The number of benzene rings is 1. The minimum atomic E-state index is -3.90. The zero-order valence-electron chi connectivity index (χ0n) is 12.3. The van der Waals surface area contributed by atoms with Gasteiger partial charge in [-0.15, -0.1) is 0 Å². The van der Waals surface area contributed by atoms with Crippen LogP contribution in [0.25, 0.3) is 0 Å². The third-order valence-electron chi connectivity index (χ3n) is 3.62. The Bertz CT molecular complexity index is 605. The smallest absolute Gasteiger partial charge is 0.297 e. The van der Waals surface area contributed by atoms with Gasteiger partial charge in [0, 0.05) is 18.7 Å². The Hall–Kier alpha value is -1.51. The molecule has 0 spiro atoms. The molecule has 0 atom stereocenters. The van der Waals surface area contributed by atoms with Crippen molar-refractivity contribution in [3.05, 3.63) is 34.4 Å². The first kappa shape index (κ1) is 16.9. The van der Waals surface area contributed by atoms with E-state index in [0.29, 0.717) is 19.4 Å². The summed E-state index contributed by atoms with van der Waals surface area (Å²) in [6, 6.07) is 4.70. The van der Waals surface area contributed by atoms with Crippen molar-refractivity contribution in [1.29, 1.82) is 0 Å². The van der Waals surface area contributed by atoms with Crippen molar-refractivity contribution in [2.24, 2.45) is 0 Å². The largest absolute Gasteiger partial charge is 0.379 e. The van der Waals surface area contributed by atoms with E-state index >= 15 is 0 Å². The molecule has 1 saturated carbocycles. The molecule has 2 rings (SSSR count). The molecular weight excluding hydrogens is 310 g/mol. The first-order chi connectivity index (χ1) is 10.4. The number of non-ortho nitro benzene ring substituents is 1. The molecule has 0 aromatic heterocycles. The number of ether oxygens (including phenoxy) is 1. The predicted molar refractivity (Wildman–Crippen MR) is 79.0 cm³/mol. The van der Waals surface area contributed by atoms with Gasteiger partial charge >= 0.3 is 0 Å². The van der Waals surface area contributed by atoms with E-state index < -0.39 is 15.0 Å². The summed E-state index contributed by atoms with van der Waals surface area (Å²) in [5, 5.41) is 10.6. The molecule has 8 heteroatoms. The van der Waals surface area contributed by atoms with Crippen molar-refractivity contribution >= 4 is 15.8 Å². The average molecular weight is 329 g/mol. The molecule has 0 aliphatic heterocycles. The summed E-state index contributed by atoms with van der Waals surface area (Å²) in [5.74, 6) is 0. The van der Waals surface area contributed by atoms with Gasteiger partial charge in [0.25, 0.3) is 15.8 Å². The Balaban J connectivity index is 1.98. The first-order valence-electron chi connectivity index (χ1n) is 7.21. The van der Waals surface area contributed by atoms with Crippen LogP contribution in [0.4, 0.5) is 5.69 Å². The van der Waals surface area contributed by atoms with Gasteiger partial charge in [-0.25, -0.2) is 0 Å². The Morgan fingerprint density at radius 2 is 1.68 bits per heavy atom. The molecule has 22 heavy (non-hydrogen) atoms. The van der Waals surface area contributed by atoms with Gasteiger partial charge < -0.3 is 4.74 Å². The highest BCUT2D eigenvalue weighted by Gasteiger charge is 2.27. The van der Waals surface area contributed by atoms with Crippen molar-refractivity contribution in [3.8, 4) is 0 Å². The summed E-state index contributed by atoms with van der Waals surface area (Å²) in [6.07, 6.45) is 2.60. The molecular formula is C14H19NO6S. The van der Waals surface area contributed by atoms with Crippen molar-refractivity contribution in [2.45, 2.75) is 49.7 Å². The van der Waals surface area contributed by atoms with E-state index in [0.717, 1.165) is 25.0 Å². The number of rotatable bonds is 6. The molecule has 0 unspecified atom stereocenters. The lowest BCUT2D eigenvalue weighted by atomic mass is 9.95. The third-order valence-corrected chi connectivity index (χ3v) is 5.00. The second kappa shape index (κ2) is 7.17. The van der Waals surface area contributed by atoms with E-state index in [2.05, 4.69) is 0 Å². The fraction of sp³-hybridized carbons (Fsp3) is 0.571. The highest BCUT2D eigenvalue weighted by Crippen LogP contribution is 2.27. The normalized spacial score (nSPS) is 22.4. The van der Waals surface area contributed by atoms with Crippen LogP contribution in [0.15, 0.2) is 29.2 Å². The van der Waals surface area contributed by atoms with Crippen LogP contribution in [-0.2, 0) is 19.0 Å². The van der Waals surface area contributed by atoms with Crippen molar-refractivity contribution < 1.29 is 22.3 Å². The summed E-state index contributed by atoms with van der Waals surface area (Å²) in [5.41, 5.74) is -0.156. The topological polar surface area (TPSA) is 95.7 Å². The number of hydrogen-bond donors (Lipinski definition) is 0. The molecule has 1 aromatic carbocycles. The number of nitro groups is 1. The van der Waals surface area contributed by atoms with E-state index in [9.17, 15) is 18.5 Å². The van der Waals surface area contributed by atoms with Crippen LogP contribution in [0.2, 0.25) is 0 Å². The van der Waals surface area contributed by atoms with Crippen LogP contribution < -0.4 is 0 Å². The molecule has 0 radical (unpaired) electrons. The van der Waals surface area contributed by atoms with Crippen molar-refractivity contribution in [1.82, 2.24) is 0 Å². The zero-order valence-corrected chi connectivity index (χ0v) is 13.1. The molecule has 0 amide bonds. The molecule has 1 aromatic rings. The molecule has 1 fully saturated rings. The van der Waals surface area contributed by atoms with Gasteiger partial charge in [-0.05, 0) is 44.7 Å². The Morgan fingerprint density at radius 1 is 1.14 bits per heavy atom. The monoisotopic (exact) mass is 329 g/mol. The summed E-state index contributed by atoms with van der Waals surface area (Å²) in [6.45, 7) is 2.58. The van der Waals surface area contributed by atoms with E-state index in [1.54, 1.807) is 0 Å². The Kier molecular flexibility index (Phi) is 5.49. The number of nitro benzene ring substituents is 1. The predicted octanol–water partition coefficient (Wildman–Crippen LogP) is 2.65. The molecule has 122 valence electrons. The zero-order chi connectivity index (χ0) is 16.2. The van der Waals surface area contributed by atoms with Gasteiger partial charge in [0.05, 0.1) is 22.0 Å².